The molecule has 4 rings (SSSR count). The Kier molecular flexibility index (Phi) is 4.30. The standard InChI is InChI=1S/C22H27NO4/c1-21(2)12-22(14-25-3)13-23(11-19(21)22)20(24)18-10-9-17(27-18)15-5-7-16(26-4)8-6-15/h5-10,19H,11-14H2,1-4H3/t19-,22-/m1/s1. The van der Waals surface area contributed by atoms with Crippen LogP contribution in [0.1, 0.15) is 30.8 Å². The number of hydrogen-bond donors (Lipinski definition) is 0. The van der Waals surface area contributed by atoms with E-state index < -0.39 is 0 Å². The van der Waals surface area contributed by atoms with Crippen molar-refractivity contribution in [2.24, 2.45) is 16.7 Å². The molecule has 0 spiro atoms. The van der Waals surface area contributed by atoms with E-state index in [-0.39, 0.29) is 16.7 Å². The van der Waals surface area contributed by atoms with Gasteiger partial charge in [-0.15, -0.1) is 0 Å². The average molecular weight is 369 g/mol. The van der Waals surface area contributed by atoms with Crippen LogP contribution in [0.4, 0.5) is 0 Å². The first-order chi connectivity index (χ1) is 12.9. The van der Waals surface area contributed by atoms with E-state index in [9.17, 15) is 4.79 Å². The van der Waals surface area contributed by atoms with Crippen molar-refractivity contribution in [2.75, 3.05) is 33.9 Å². The number of rotatable bonds is 5. The second-order valence-corrected chi connectivity index (χ2v) is 8.59. The van der Waals surface area contributed by atoms with Crippen molar-refractivity contribution in [1.29, 1.82) is 0 Å². The smallest absolute Gasteiger partial charge is 0.289 e. The highest BCUT2D eigenvalue weighted by molar-refractivity contribution is 5.92. The first kappa shape index (κ1) is 18.1. The number of carbonyl (C=O) groups excluding carboxylic acids is 1. The lowest BCUT2D eigenvalue weighted by atomic mass is 9.48. The zero-order chi connectivity index (χ0) is 19.2. The van der Waals surface area contributed by atoms with Crippen molar-refractivity contribution < 1.29 is 18.7 Å². The fourth-order valence-electron chi connectivity index (χ4n) is 5.28. The number of nitrogens with zero attached hydrogens (tertiary/aromatic N) is 1. The Balaban J connectivity index is 1.51. The molecule has 1 aliphatic heterocycles. The van der Waals surface area contributed by atoms with E-state index in [1.54, 1.807) is 20.3 Å². The highest BCUT2D eigenvalue weighted by atomic mass is 16.5. The Labute approximate surface area is 160 Å². The van der Waals surface area contributed by atoms with Gasteiger partial charge in [-0.2, -0.15) is 0 Å². The Hall–Kier alpha value is -2.27. The van der Waals surface area contributed by atoms with Crippen LogP contribution in [0, 0.1) is 16.7 Å². The molecule has 0 unspecified atom stereocenters. The minimum Gasteiger partial charge on any atom is -0.497 e. The second kappa shape index (κ2) is 6.41. The maximum Gasteiger partial charge on any atom is 0.289 e. The van der Waals surface area contributed by atoms with Crippen LogP contribution in [-0.4, -0.2) is 44.7 Å². The van der Waals surface area contributed by atoms with Gasteiger partial charge in [0.2, 0.25) is 0 Å². The normalized spacial score (nSPS) is 25.8. The van der Waals surface area contributed by atoms with E-state index in [1.807, 2.05) is 35.2 Å². The number of amides is 1. The fraction of sp³-hybridized carbons (Fsp3) is 0.500. The molecule has 1 saturated carbocycles. The third kappa shape index (κ3) is 2.94. The van der Waals surface area contributed by atoms with Gasteiger partial charge in [-0.1, -0.05) is 13.8 Å². The molecular weight excluding hydrogens is 342 g/mol. The molecule has 2 heterocycles. The summed E-state index contributed by atoms with van der Waals surface area (Å²) in [5.41, 5.74) is 1.28. The molecule has 1 aliphatic carbocycles. The molecule has 0 N–H and O–H groups in total. The van der Waals surface area contributed by atoms with Crippen LogP contribution < -0.4 is 4.74 Å². The van der Waals surface area contributed by atoms with Gasteiger partial charge in [0, 0.05) is 31.2 Å². The minimum absolute atomic E-state index is 0.0320. The summed E-state index contributed by atoms with van der Waals surface area (Å²) in [6.07, 6.45) is 1.09. The number of ether oxygens (including phenoxy) is 2. The van der Waals surface area contributed by atoms with Gasteiger partial charge in [-0.05, 0) is 54.2 Å². The summed E-state index contributed by atoms with van der Waals surface area (Å²) in [6.45, 7) is 6.79. The van der Waals surface area contributed by atoms with Gasteiger partial charge in [-0.3, -0.25) is 4.79 Å². The highest BCUT2D eigenvalue weighted by Gasteiger charge is 2.63. The molecule has 5 heteroatoms. The fourth-order valence-corrected chi connectivity index (χ4v) is 5.28. The molecule has 1 saturated heterocycles. The lowest BCUT2D eigenvalue weighted by molar-refractivity contribution is -0.107. The van der Waals surface area contributed by atoms with Crippen LogP contribution in [0.15, 0.2) is 40.8 Å². The zero-order valence-corrected chi connectivity index (χ0v) is 16.5. The van der Waals surface area contributed by atoms with E-state index in [4.69, 9.17) is 13.9 Å². The number of fused-ring (bicyclic) bond motifs is 1. The van der Waals surface area contributed by atoms with Crippen LogP contribution in [0.5, 0.6) is 5.75 Å². The summed E-state index contributed by atoms with van der Waals surface area (Å²) >= 11 is 0. The van der Waals surface area contributed by atoms with Crippen molar-refractivity contribution in [2.45, 2.75) is 20.3 Å². The molecule has 2 atom stereocenters. The van der Waals surface area contributed by atoms with Crippen molar-refractivity contribution in [3.05, 3.63) is 42.2 Å². The maximum absolute atomic E-state index is 13.0. The zero-order valence-electron chi connectivity index (χ0n) is 16.5. The van der Waals surface area contributed by atoms with Gasteiger partial charge in [0.15, 0.2) is 5.76 Å². The molecule has 2 aliphatic rings. The van der Waals surface area contributed by atoms with Crippen molar-refractivity contribution in [3.63, 3.8) is 0 Å². The van der Waals surface area contributed by atoms with E-state index in [1.165, 1.54) is 0 Å². The third-order valence-corrected chi connectivity index (χ3v) is 6.31. The topological polar surface area (TPSA) is 51.9 Å². The Morgan fingerprint density at radius 1 is 1.19 bits per heavy atom. The monoisotopic (exact) mass is 369 g/mol. The van der Waals surface area contributed by atoms with Crippen molar-refractivity contribution >= 4 is 5.91 Å². The molecule has 2 aromatic rings. The molecule has 27 heavy (non-hydrogen) atoms. The number of carbonyl (C=O) groups is 1. The summed E-state index contributed by atoms with van der Waals surface area (Å²) in [7, 11) is 3.38. The molecule has 1 aromatic heterocycles. The SMILES string of the molecule is COC[C@@]12CN(C(=O)c3ccc(-c4ccc(OC)cc4)o3)C[C@@H]1C(C)(C)C2. The van der Waals surface area contributed by atoms with Crippen molar-refractivity contribution in [3.8, 4) is 17.1 Å². The highest BCUT2D eigenvalue weighted by Crippen LogP contribution is 2.62. The summed E-state index contributed by atoms with van der Waals surface area (Å²) in [6, 6.07) is 11.3. The van der Waals surface area contributed by atoms with Crippen molar-refractivity contribution in [1.82, 2.24) is 4.90 Å². The number of likely N-dealkylation sites (tertiary alicyclic amines) is 1. The van der Waals surface area contributed by atoms with E-state index in [0.29, 0.717) is 24.0 Å². The summed E-state index contributed by atoms with van der Waals surface area (Å²) in [5, 5.41) is 0. The molecule has 1 aromatic carbocycles. The summed E-state index contributed by atoms with van der Waals surface area (Å²) < 4.78 is 16.6. The van der Waals surface area contributed by atoms with Crippen LogP contribution in [-0.2, 0) is 4.74 Å². The predicted molar refractivity (Wildman–Crippen MR) is 103 cm³/mol. The quantitative estimate of drug-likeness (QED) is 0.797. The Bertz CT molecular complexity index is 838. The van der Waals surface area contributed by atoms with E-state index >= 15 is 0 Å². The Morgan fingerprint density at radius 3 is 2.56 bits per heavy atom. The van der Waals surface area contributed by atoms with Gasteiger partial charge in [-0.25, -0.2) is 0 Å². The van der Waals surface area contributed by atoms with Gasteiger partial charge >= 0.3 is 0 Å². The molecule has 0 bridgehead atoms. The summed E-state index contributed by atoms with van der Waals surface area (Å²) in [5.74, 6) is 2.32. The molecule has 5 nitrogen and oxygen atoms in total. The van der Waals surface area contributed by atoms with Gasteiger partial charge in [0.25, 0.3) is 5.91 Å². The van der Waals surface area contributed by atoms with Crippen LogP contribution in [0.25, 0.3) is 11.3 Å². The summed E-state index contributed by atoms with van der Waals surface area (Å²) in [4.78, 5) is 15.0. The van der Waals surface area contributed by atoms with Gasteiger partial charge < -0.3 is 18.8 Å². The first-order valence-electron chi connectivity index (χ1n) is 9.41. The second-order valence-electron chi connectivity index (χ2n) is 8.59. The number of hydrogen-bond acceptors (Lipinski definition) is 4. The minimum atomic E-state index is -0.0320. The number of furan rings is 1. The molecule has 2 fully saturated rings. The van der Waals surface area contributed by atoms with E-state index in [2.05, 4.69) is 13.8 Å². The largest absolute Gasteiger partial charge is 0.497 e. The van der Waals surface area contributed by atoms with Gasteiger partial charge in [0.05, 0.1) is 13.7 Å². The average Bonchev–Trinajstić information content (AvgIpc) is 3.25. The number of methoxy groups -OCH3 is 2. The molecule has 1 amide bonds. The molecule has 0 radical (unpaired) electrons. The number of benzene rings is 1. The van der Waals surface area contributed by atoms with Crippen LogP contribution in [0.3, 0.4) is 0 Å². The van der Waals surface area contributed by atoms with Crippen LogP contribution in [0.2, 0.25) is 0 Å². The predicted octanol–water partition coefficient (Wildman–Crippen LogP) is 4.09. The Morgan fingerprint density at radius 2 is 1.93 bits per heavy atom. The van der Waals surface area contributed by atoms with Gasteiger partial charge in [0.1, 0.15) is 11.5 Å². The lowest BCUT2D eigenvalue weighted by Gasteiger charge is -2.56. The maximum atomic E-state index is 13.0. The molecular formula is C22H27NO4. The third-order valence-electron chi connectivity index (χ3n) is 6.31. The lowest BCUT2D eigenvalue weighted by Crippen LogP contribution is -2.55. The van der Waals surface area contributed by atoms with Crippen LogP contribution >= 0.6 is 0 Å². The molecule has 144 valence electrons. The van der Waals surface area contributed by atoms with E-state index in [0.717, 1.165) is 30.8 Å². The first-order valence-corrected chi connectivity index (χ1v) is 9.41.